The number of carbonyl (C=O) groups is 1. The van der Waals surface area contributed by atoms with Crippen molar-refractivity contribution in [2.75, 3.05) is 24.5 Å². The summed E-state index contributed by atoms with van der Waals surface area (Å²) in [5.41, 5.74) is 0.672. The number of hydrogen-bond donors (Lipinski definition) is 1. The van der Waals surface area contributed by atoms with Gasteiger partial charge in [-0.05, 0) is 30.3 Å². The third-order valence-corrected chi connectivity index (χ3v) is 6.23. The second-order valence-corrected chi connectivity index (χ2v) is 8.24. The monoisotopic (exact) mass is 439 g/mol. The predicted octanol–water partition coefficient (Wildman–Crippen LogP) is 2.50. The van der Waals surface area contributed by atoms with Gasteiger partial charge in [-0.3, -0.25) is 9.59 Å². The number of anilines is 1. The number of nitrogens with zero attached hydrogens (tertiary/aromatic N) is 4. The molecule has 1 N–H and O–H groups in total. The fourth-order valence-corrected chi connectivity index (χ4v) is 4.43. The van der Waals surface area contributed by atoms with Gasteiger partial charge in [0.2, 0.25) is 5.91 Å². The van der Waals surface area contributed by atoms with Gasteiger partial charge in [-0.25, -0.2) is 14.1 Å². The molecule has 1 fully saturated rings. The maximum absolute atomic E-state index is 13.8. The number of para-hydroxylation sites is 1. The molecule has 1 aliphatic heterocycles. The van der Waals surface area contributed by atoms with E-state index in [1.54, 1.807) is 30.5 Å². The van der Waals surface area contributed by atoms with Crippen LogP contribution in [0.4, 0.5) is 9.52 Å². The summed E-state index contributed by atoms with van der Waals surface area (Å²) in [6.07, 6.45) is 1.54. The van der Waals surface area contributed by atoms with Gasteiger partial charge < -0.3 is 14.6 Å². The molecule has 8 nitrogen and oxygen atoms in total. The molecular weight excluding hydrogens is 421 g/mol. The number of aromatic nitrogens is 3. The van der Waals surface area contributed by atoms with Crippen LogP contribution < -0.4 is 15.8 Å². The average Bonchev–Trinajstić information content (AvgIpc) is 3.39. The summed E-state index contributed by atoms with van der Waals surface area (Å²) in [5.74, 6) is -0.0216. The van der Waals surface area contributed by atoms with Gasteiger partial charge in [0, 0.05) is 25.7 Å². The van der Waals surface area contributed by atoms with Crippen molar-refractivity contribution in [3.05, 3.63) is 64.9 Å². The summed E-state index contributed by atoms with van der Waals surface area (Å²) in [4.78, 5) is 30.8. The highest BCUT2D eigenvalue weighted by Gasteiger charge is 2.34. The van der Waals surface area contributed by atoms with E-state index in [2.05, 4.69) is 15.4 Å². The van der Waals surface area contributed by atoms with Crippen LogP contribution in [-0.2, 0) is 11.3 Å². The molecular formula is C21H18FN5O3S. The molecule has 0 radical (unpaired) electrons. The summed E-state index contributed by atoms with van der Waals surface area (Å²) in [5, 5.41) is 7.86. The Kier molecular flexibility index (Phi) is 4.99. The van der Waals surface area contributed by atoms with E-state index in [4.69, 9.17) is 4.42 Å². The zero-order chi connectivity index (χ0) is 21.4. The largest absolute Gasteiger partial charge is 0.463 e. The van der Waals surface area contributed by atoms with Crippen molar-refractivity contribution in [1.82, 2.24) is 20.1 Å². The number of amides is 1. The third-order valence-electron chi connectivity index (χ3n) is 5.14. The lowest BCUT2D eigenvalue weighted by atomic mass is 10.0. The quantitative estimate of drug-likeness (QED) is 0.496. The lowest BCUT2D eigenvalue weighted by Crippen LogP contribution is -2.54. The Morgan fingerprint density at radius 3 is 2.87 bits per heavy atom. The minimum atomic E-state index is -0.338. The van der Waals surface area contributed by atoms with E-state index in [0.29, 0.717) is 30.1 Å². The number of hydrogen-bond acceptors (Lipinski definition) is 7. The molecule has 1 aliphatic rings. The first-order valence-corrected chi connectivity index (χ1v) is 10.6. The second-order valence-electron chi connectivity index (χ2n) is 7.23. The van der Waals surface area contributed by atoms with Crippen molar-refractivity contribution in [2.24, 2.45) is 5.92 Å². The zero-order valence-corrected chi connectivity index (χ0v) is 17.1. The van der Waals surface area contributed by atoms with E-state index in [1.807, 2.05) is 11.0 Å². The van der Waals surface area contributed by atoms with Gasteiger partial charge >= 0.3 is 0 Å². The molecule has 1 amide bonds. The Labute approximate surface area is 179 Å². The summed E-state index contributed by atoms with van der Waals surface area (Å²) < 4.78 is 21.2. The van der Waals surface area contributed by atoms with Crippen LogP contribution in [0.5, 0.6) is 0 Å². The lowest BCUT2D eigenvalue weighted by molar-refractivity contribution is -0.125. The predicted molar refractivity (Wildman–Crippen MR) is 114 cm³/mol. The molecule has 31 heavy (non-hydrogen) atoms. The van der Waals surface area contributed by atoms with Crippen molar-refractivity contribution in [3.63, 3.8) is 0 Å². The first-order valence-electron chi connectivity index (χ1n) is 9.78. The van der Waals surface area contributed by atoms with E-state index in [0.717, 1.165) is 9.83 Å². The van der Waals surface area contributed by atoms with Gasteiger partial charge in [0.1, 0.15) is 17.0 Å². The Bertz CT molecular complexity index is 1290. The molecule has 0 aliphatic carbocycles. The molecule has 0 atom stereocenters. The summed E-state index contributed by atoms with van der Waals surface area (Å²) >= 11 is 1.42. The molecule has 1 aromatic carbocycles. The molecule has 10 heteroatoms. The number of furan rings is 1. The Morgan fingerprint density at radius 2 is 2.10 bits per heavy atom. The second kappa shape index (κ2) is 7.95. The molecule has 0 saturated carbocycles. The number of nitrogens with one attached hydrogen (secondary N) is 1. The molecule has 1 saturated heterocycles. The highest BCUT2D eigenvalue weighted by atomic mass is 32.1. The van der Waals surface area contributed by atoms with Crippen molar-refractivity contribution in [1.29, 1.82) is 0 Å². The van der Waals surface area contributed by atoms with E-state index in [1.165, 1.54) is 28.2 Å². The van der Waals surface area contributed by atoms with E-state index in [-0.39, 0.29) is 36.3 Å². The topological polar surface area (TPSA) is 93.3 Å². The Morgan fingerprint density at radius 1 is 1.23 bits per heavy atom. The minimum Gasteiger partial charge on any atom is -0.463 e. The molecule has 3 aromatic heterocycles. The van der Waals surface area contributed by atoms with Crippen LogP contribution in [0.3, 0.4) is 0 Å². The molecule has 0 bridgehead atoms. The molecule has 5 rings (SSSR count). The van der Waals surface area contributed by atoms with Gasteiger partial charge in [0.05, 0.1) is 23.4 Å². The summed E-state index contributed by atoms with van der Waals surface area (Å²) in [6, 6.07) is 11.4. The van der Waals surface area contributed by atoms with Gasteiger partial charge in [-0.1, -0.05) is 17.4 Å². The van der Waals surface area contributed by atoms with E-state index in [9.17, 15) is 14.0 Å². The first-order chi connectivity index (χ1) is 15.1. The number of carbonyl (C=O) groups excluding carboxylic acids is 1. The number of rotatable bonds is 6. The van der Waals surface area contributed by atoms with Gasteiger partial charge in [-0.15, -0.1) is 0 Å². The molecule has 0 spiro atoms. The van der Waals surface area contributed by atoms with E-state index < -0.39 is 0 Å². The number of halogens is 1. The molecule has 158 valence electrons. The SMILES string of the molecule is O=C(NCCn1nc(-c2ccco2)ccc1=O)C1CN(c2nc3c(F)cccc3s2)C1. The highest BCUT2D eigenvalue weighted by molar-refractivity contribution is 7.22. The maximum Gasteiger partial charge on any atom is 0.266 e. The highest BCUT2D eigenvalue weighted by Crippen LogP contribution is 2.33. The van der Waals surface area contributed by atoms with Crippen molar-refractivity contribution < 1.29 is 13.6 Å². The van der Waals surface area contributed by atoms with Crippen LogP contribution in [0, 0.1) is 11.7 Å². The van der Waals surface area contributed by atoms with Crippen molar-refractivity contribution in [2.45, 2.75) is 6.54 Å². The molecule has 4 aromatic rings. The van der Waals surface area contributed by atoms with Gasteiger partial charge in [0.15, 0.2) is 10.9 Å². The third kappa shape index (κ3) is 3.81. The van der Waals surface area contributed by atoms with Crippen molar-refractivity contribution in [3.8, 4) is 11.5 Å². The fourth-order valence-electron chi connectivity index (χ4n) is 3.43. The smallest absolute Gasteiger partial charge is 0.266 e. The normalized spacial score (nSPS) is 14.0. The van der Waals surface area contributed by atoms with Gasteiger partial charge in [0.25, 0.3) is 5.56 Å². The summed E-state index contributed by atoms with van der Waals surface area (Å²) in [6.45, 7) is 1.60. The van der Waals surface area contributed by atoms with Crippen LogP contribution in [0.15, 0.2) is 57.9 Å². The van der Waals surface area contributed by atoms with Crippen LogP contribution >= 0.6 is 11.3 Å². The molecule has 4 heterocycles. The lowest BCUT2D eigenvalue weighted by Gasteiger charge is -2.37. The number of fused-ring (bicyclic) bond motifs is 1. The van der Waals surface area contributed by atoms with Crippen LogP contribution in [0.25, 0.3) is 21.7 Å². The van der Waals surface area contributed by atoms with Crippen LogP contribution in [-0.4, -0.2) is 40.3 Å². The van der Waals surface area contributed by atoms with Crippen LogP contribution in [0.1, 0.15) is 0 Å². The number of benzene rings is 1. The fraction of sp³-hybridized carbons (Fsp3) is 0.238. The van der Waals surface area contributed by atoms with E-state index >= 15 is 0 Å². The van der Waals surface area contributed by atoms with Gasteiger partial charge in [-0.2, -0.15) is 5.10 Å². The minimum absolute atomic E-state index is 0.0845. The van der Waals surface area contributed by atoms with Crippen molar-refractivity contribution >= 4 is 32.6 Å². The zero-order valence-electron chi connectivity index (χ0n) is 16.3. The first kappa shape index (κ1) is 19.4. The standard InChI is InChI=1S/C21H18FN5O3S/c22-14-3-1-5-17-19(14)24-21(31-17)26-11-13(12-26)20(29)23-8-9-27-18(28)7-6-15(25-27)16-4-2-10-30-16/h1-7,10,13H,8-9,11-12H2,(H,23,29). The summed E-state index contributed by atoms with van der Waals surface area (Å²) in [7, 11) is 0. The van der Waals surface area contributed by atoms with Crippen LogP contribution in [0.2, 0.25) is 0 Å². The Hall–Kier alpha value is -3.53. The Balaban J connectivity index is 1.15. The number of thiazole rings is 1. The maximum atomic E-state index is 13.8. The molecule has 0 unspecified atom stereocenters. The average molecular weight is 439 g/mol.